The maximum absolute atomic E-state index is 12.7. The van der Waals surface area contributed by atoms with Crippen LogP contribution in [-0.2, 0) is 0 Å². The predicted octanol–water partition coefficient (Wildman–Crippen LogP) is 1.97. The fourth-order valence-corrected chi connectivity index (χ4v) is 3.81. The Kier molecular flexibility index (Phi) is 4.06. The molecule has 2 aromatic rings. The van der Waals surface area contributed by atoms with Crippen LogP contribution in [0, 0.1) is 0 Å². The van der Waals surface area contributed by atoms with Crippen LogP contribution < -0.4 is 0 Å². The third-order valence-corrected chi connectivity index (χ3v) is 5.28. The molecule has 0 aliphatic carbocycles. The standard InChI is InChI=1S/C18H23N5O/c1-14-5-2-3-8-23(14)17-10-21(11-17)18(24)15-6-4-7-16(9-15)22-12-19-20-13-22/h4,6-7,9,12-14,17H,2-3,5,8,10-11H2,1H3. The van der Waals surface area contributed by atoms with Crippen LogP contribution in [0.4, 0.5) is 0 Å². The molecule has 1 aromatic carbocycles. The largest absolute Gasteiger partial charge is 0.335 e. The fraction of sp³-hybridized carbons (Fsp3) is 0.500. The molecule has 0 radical (unpaired) electrons. The Balaban J connectivity index is 1.42. The number of hydrogen-bond donors (Lipinski definition) is 0. The van der Waals surface area contributed by atoms with Crippen LogP contribution in [0.15, 0.2) is 36.9 Å². The summed E-state index contributed by atoms with van der Waals surface area (Å²) in [5.41, 5.74) is 1.64. The van der Waals surface area contributed by atoms with Gasteiger partial charge in [-0.15, -0.1) is 10.2 Å². The summed E-state index contributed by atoms with van der Waals surface area (Å²) in [6.07, 6.45) is 7.19. The summed E-state index contributed by atoms with van der Waals surface area (Å²) in [5.74, 6) is 0.117. The molecule has 4 rings (SSSR count). The highest BCUT2D eigenvalue weighted by Gasteiger charge is 2.37. The molecule has 1 atom stereocenters. The predicted molar refractivity (Wildman–Crippen MR) is 91.1 cm³/mol. The zero-order valence-corrected chi connectivity index (χ0v) is 14.0. The van der Waals surface area contributed by atoms with E-state index in [2.05, 4.69) is 22.0 Å². The molecule has 1 aromatic heterocycles. The smallest absolute Gasteiger partial charge is 0.254 e. The van der Waals surface area contributed by atoms with Gasteiger partial charge in [-0.3, -0.25) is 14.3 Å². The van der Waals surface area contributed by atoms with E-state index in [4.69, 9.17) is 0 Å². The lowest BCUT2D eigenvalue weighted by molar-refractivity contribution is 0.00213. The van der Waals surface area contributed by atoms with Crippen molar-refractivity contribution in [3.05, 3.63) is 42.5 Å². The first kappa shape index (κ1) is 15.3. The van der Waals surface area contributed by atoms with E-state index in [1.807, 2.05) is 33.7 Å². The third kappa shape index (κ3) is 2.82. The molecule has 0 N–H and O–H groups in total. The molecule has 2 fully saturated rings. The Bertz CT molecular complexity index is 708. The minimum Gasteiger partial charge on any atom is -0.335 e. The zero-order valence-electron chi connectivity index (χ0n) is 14.0. The van der Waals surface area contributed by atoms with Gasteiger partial charge >= 0.3 is 0 Å². The fourth-order valence-electron chi connectivity index (χ4n) is 3.81. The Morgan fingerprint density at radius 1 is 1.17 bits per heavy atom. The lowest BCUT2D eigenvalue weighted by Gasteiger charge is -2.49. The third-order valence-electron chi connectivity index (χ3n) is 5.28. The first-order valence-electron chi connectivity index (χ1n) is 8.72. The molecule has 2 saturated heterocycles. The van der Waals surface area contributed by atoms with Gasteiger partial charge in [-0.05, 0) is 44.5 Å². The van der Waals surface area contributed by atoms with Crippen molar-refractivity contribution < 1.29 is 4.79 Å². The molecule has 2 aliphatic rings. The van der Waals surface area contributed by atoms with E-state index < -0.39 is 0 Å². The van der Waals surface area contributed by atoms with E-state index in [1.54, 1.807) is 12.7 Å². The monoisotopic (exact) mass is 325 g/mol. The molecule has 1 unspecified atom stereocenters. The Morgan fingerprint density at radius 2 is 1.96 bits per heavy atom. The molecular formula is C18H23N5O. The van der Waals surface area contributed by atoms with Crippen LogP contribution in [0.25, 0.3) is 5.69 Å². The van der Waals surface area contributed by atoms with Crippen molar-refractivity contribution in [2.45, 2.75) is 38.3 Å². The van der Waals surface area contributed by atoms with Gasteiger partial charge in [-0.25, -0.2) is 0 Å². The Hall–Kier alpha value is -2.21. The molecule has 126 valence electrons. The highest BCUT2D eigenvalue weighted by molar-refractivity contribution is 5.95. The van der Waals surface area contributed by atoms with Gasteiger partial charge in [0.25, 0.3) is 5.91 Å². The molecule has 6 heteroatoms. The summed E-state index contributed by atoms with van der Waals surface area (Å²) >= 11 is 0. The second-order valence-electron chi connectivity index (χ2n) is 6.87. The molecule has 24 heavy (non-hydrogen) atoms. The number of benzene rings is 1. The Labute approximate surface area is 142 Å². The lowest BCUT2D eigenvalue weighted by Crippen LogP contribution is -2.63. The minimum atomic E-state index is 0.117. The van der Waals surface area contributed by atoms with Crippen LogP contribution in [0.1, 0.15) is 36.5 Å². The van der Waals surface area contributed by atoms with Crippen molar-refractivity contribution in [2.24, 2.45) is 0 Å². The number of piperidine rings is 1. The number of rotatable bonds is 3. The second-order valence-corrected chi connectivity index (χ2v) is 6.87. The number of nitrogens with zero attached hydrogens (tertiary/aromatic N) is 5. The van der Waals surface area contributed by atoms with Gasteiger partial charge in [0.2, 0.25) is 0 Å². The van der Waals surface area contributed by atoms with Crippen molar-refractivity contribution >= 4 is 5.91 Å². The van der Waals surface area contributed by atoms with Crippen LogP contribution in [0.2, 0.25) is 0 Å². The molecule has 1 amide bonds. The van der Waals surface area contributed by atoms with Gasteiger partial charge < -0.3 is 4.90 Å². The molecule has 0 spiro atoms. The maximum Gasteiger partial charge on any atom is 0.254 e. The highest BCUT2D eigenvalue weighted by atomic mass is 16.2. The van der Waals surface area contributed by atoms with Gasteiger partial charge in [-0.1, -0.05) is 12.5 Å². The maximum atomic E-state index is 12.7. The van der Waals surface area contributed by atoms with E-state index in [1.165, 1.54) is 25.8 Å². The van der Waals surface area contributed by atoms with E-state index in [0.717, 1.165) is 24.3 Å². The van der Waals surface area contributed by atoms with Crippen molar-refractivity contribution in [2.75, 3.05) is 19.6 Å². The number of aromatic nitrogens is 3. The summed E-state index contributed by atoms with van der Waals surface area (Å²) in [4.78, 5) is 17.3. The normalized spacial score (nSPS) is 22.4. The lowest BCUT2D eigenvalue weighted by atomic mass is 9.97. The first-order valence-corrected chi connectivity index (χ1v) is 8.72. The highest BCUT2D eigenvalue weighted by Crippen LogP contribution is 2.25. The molecule has 0 bridgehead atoms. The quantitative estimate of drug-likeness (QED) is 0.866. The van der Waals surface area contributed by atoms with Gasteiger partial charge in [-0.2, -0.15) is 0 Å². The van der Waals surface area contributed by atoms with Crippen molar-refractivity contribution in [1.29, 1.82) is 0 Å². The number of amides is 1. The van der Waals surface area contributed by atoms with Crippen molar-refractivity contribution in [3.8, 4) is 5.69 Å². The van der Waals surface area contributed by atoms with E-state index in [-0.39, 0.29) is 5.91 Å². The van der Waals surface area contributed by atoms with Gasteiger partial charge in [0.1, 0.15) is 12.7 Å². The minimum absolute atomic E-state index is 0.117. The summed E-state index contributed by atoms with van der Waals surface area (Å²) in [6.45, 7) is 5.18. The summed E-state index contributed by atoms with van der Waals surface area (Å²) < 4.78 is 1.81. The van der Waals surface area contributed by atoms with E-state index in [9.17, 15) is 4.79 Å². The molecule has 0 saturated carbocycles. The molecule has 6 nitrogen and oxygen atoms in total. The number of carbonyl (C=O) groups excluding carboxylic acids is 1. The summed E-state index contributed by atoms with van der Waals surface area (Å²) in [7, 11) is 0. The molecule has 2 aliphatic heterocycles. The topological polar surface area (TPSA) is 54.3 Å². The number of carbonyl (C=O) groups is 1. The second kappa shape index (κ2) is 6.36. The van der Waals surface area contributed by atoms with Gasteiger partial charge in [0.05, 0.1) is 0 Å². The van der Waals surface area contributed by atoms with Crippen molar-refractivity contribution in [3.63, 3.8) is 0 Å². The van der Waals surface area contributed by atoms with Gasteiger partial charge in [0, 0.05) is 36.4 Å². The van der Waals surface area contributed by atoms with E-state index >= 15 is 0 Å². The van der Waals surface area contributed by atoms with Crippen LogP contribution in [0.5, 0.6) is 0 Å². The SMILES string of the molecule is CC1CCCCN1C1CN(C(=O)c2cccc(-n3cnnc3)c2)C1. The average molecular weight is 325 g/mol. The molecule has 3 heterocycles. The van der Waals surface area contributed by atoms with Gasteiger partial charge in [0.15, 0.2) is 0 Å². The van der Waals surface area contributed by atoms with Crippen molar-refractivity contribution in [1.82, 2.24) is 24.6 Å². The first-order chi connectivity index (χ1) is 11.7. The van der Waals surface area contributed by atoms with Crippen LogP contribution in [-0.4, -0.2) is 62.2 Å². The van der Waals surface area contributed by atoms with Crippen LogP contribution in [0.3, 0.4) is 0 Å². The summed E-state index contributed by atoms with van der Waals surface area (Å²) in [6, 6.07) is 8.83. The Morgan fingerprint density at radius 3 is 2.71 bits per heavy atom. The van der Waals surface area contributed by atoms with Crippen LogP contribution >= 0.6 is 0 Å². The zero-order chi connectivity index (χ0) is 16.5. The summed E-state index contributed by atoms with van der Waals surface area (Å²) in [5, 5.41) is 7.63. The average Bonchev–Trinajstić information content (AvgIpc) is 3.10. The van der Waals surface area contributed by atoms with E-state index in [0.29, 0.717) is 12.1 Å². The molecular weight excluding hydrogens is 302 g/mol. The number of hydrogen-bond acceptors (Lipinski definition) is 4. The number of likely N-dealkylation sites (tertiary alicyclic amines) is 2.